The molecule has 0 aliphatic carbocycles. The van der Waals surface area contributed by atoms with Crippen LogP contribution in [0.2, 0.25) is 0 Å². The number of nitrogens with zero attached hydrogens (tertiary/aromatic N) is 2. The van der Waals surface area contributed by atoms with Crippen LogP contribution in [0, 0.1) is 0 Å². The van der Waals surface area contributed by atoms with Gasteiger partial charge in [-0.05, 0) is 6.07 Å². The molecular weight excluding hydrogens is 210 g/mol. The van der Waals surface area contributed by atoms with E-state index < -0.39 is 0 Å². The monoisotopic (exact) mass is 221 g/mol. The predicted octanol–water partition coefficient (Wildman–Crippen LogP) is 1.64. The van der Waals surface area contributed by atoms with Gasteiger partial charge in [0.05, 0.1) is 36.2 Å². The van der Waals surface area contributed by atoms with Crippen molar-refractivity contribution in [3.8, 4) is 0 Å². The molecule has 2 rings (SSSR count). The van der Waals surface area contributed by atoms with Crippen molar-refractivity contribution in [1.29, 1.82) is 0 Å². The van der Waals surface area contributed by atoms with Gasteiger partial charge >= 0.3 is 0 Å². The summed E-state index contributed by atoms with van der Waals surface area (Å²) in [6.07, 6.45) is 3.37. The summed E-state index contributed by atoms with van der Waals surface area (Å²) in [5, 5.41) is 14.3. The Kier molecular flexibility index (Phi) is 3.26. The molecule has 2 N–H and O–H groups in total. The van der Waals surface area contributed by atoms with Gasteiger partial charge in [-0.1, -0.05) is 0 Å². The van der Waals surface area contributed by atoms with Crippen molar-refractivity contribution in [2.75, 3.05) is 5.32 Å². The summed E-state index contributed by atoms with van der Waals surface area (Å²) in [7, 11) is 0. The molecule has 2 aromatic rings. The summed E-state index contributed by atoms with van der Waals surface area (Å²) in [6, 6.07) is 1.80. The number of aromatic nitrogens is 2. The fourth-order valence-electron chi connectivity index (χ4n) is 1.23. The van der Waals surface area contributed by atoms with Crippen LogP contribution in [0.25, 0.3) is 0 Å². The Morgan fingerprint density at radius 1 is 1.47 bits per heavy atom. The predicted molar refractivity (Wildman–Crippen MR) is 59.6 cm³/mol. The summed E-state index contributed by atoms with van der Waals surface area (Å²) >= 11 is 1.57. The van der Waals surface area contributed by atoms with Gasteiger partial charge in [0.1, 0.15) is 0 Å². The minimum atomic E-state index is 0.0158. The second kappa shape index (κ2) is 4.86. The number of thiazole rings is 1. The van der Waals surface area contributed by atoms with Crippen LogP contribution in [0.3, 0.4) is 0 Å². The Morgan fingerprint density at radius 3 is 3.13 bits per heavy atom. The third-order valence-electron chi connectivity index (χ3n) is 2.03. The first kappa shape index (κ1) is 10.1. The van der Waals surface area contributed by atoms with Crippen molar-refractivity contribution in [3.05, 3.63) is 40.6 Å². The van der Waals surface area contributed by atoms with Crippen LogP contribution in [0.5, 0.6) is 0 Å². The molecule has 0 aromatic carbocycles. The molecular formula is C10H11N3OS. The van der Waals surface area contributed by atoms with Crippen LogP contribution >= 0.6 is 11.3 Å². The van der Waals surface area contributed by atoms with E-state index in [-0.39, 0.29) is 6.61 Å². The number of pyridine rings is 1. The molecule has 2 heterocycles. The average molecular weight is 221 g/mol. The first-order valence-corrected chi connectivity index (χ1v) is 5.49. The molecule has 0 amide bonds. The first-order chi connectivity index (χ1) is 7.40. The van der Waals surface area contributed by atoms with Crippen LogP contribution in [-0.2, 0) is 13.2 Å². The molecule has 15 heavy (non-hydrogen) atoms. The van der Waals surface area contributed by atoms with E-state index in [1.807, 2.05) is 5.38 Å². The molecule has 0 fully saturated rings. The lowest BCUT2D eigenvalue weighted by Crippen LogP contribution is -2.03. The Morgan fingerprint density at radius 2 is 2.40 bits per heavy atom. The minimum absolute atomic E-state index is 0.0158. The van der Waals surface area contributed by atoms with E-state index in [2.05, 4.69) is 15.3 Å². The molecule has 0 unspecified atom stereocenters. The number of nitrogens with one attached hydrogen (secondary N) is 1. The third-order valence-corrected chi connectivity index (χ3v) is 2.66. The molecule has 0 bridgehead atoms. The molecule has 78 valence electrons. The zero-order valence-corrected chi connectivity index (χ0v) is 8.87. The molecule has 0 atom stereocenters. The lowest BCUT2D eigenvalue weighted by Gasteiger charge is -2.07. The van der Waals surface area contributed by atoms with Crippen LogP contribution in [0.4, 0.5) is 5.69 Å². The number of aliphatic hydroxyl groups is 1. The number of aliphatic hydroxyl groups excluding tert-OH is 1. The second-order valence-corrected chi connectivity index (χ2v) is 3.74. The topological polar surface area (TPSA) is 58.0 Å². The average Bonchev–Trinajstić information content (AvgIpc) is 2.79. The third kappa shape index (κ3) is 2.51. The van der Waals surface area contributed by atoms with E-state index in [1.165, 1.54) is 0 Å². The molecule has 2 aromatic heterocycles. The molecule has 5 heteroatoms. The van der Waals surface area contributed by atoms with Crippen LogP contribution in [0.1, 0.15) is 11.3 Å². The number of hydrogen-bond donors (Lipinski definition) is 2. The van der Waals surface area contributed by atoms with Gasteiger partial charge in [0.2, 0.25) is 0 Å². The van der Waals surface area contributed by atoms with Crippen molar-refractivity contribution in [2.45, 2.75) is 13.2 Å². The number of hydrogen-bond acceptors (Lipinski definition) is 5. The molecule has 0 aliphatic heterocycles. The van der Waals surface area contributed by atoms with Crippen molar-refractivity contribution in [2.24, 2.45) is 0 Å². The lowest BCUT2D eigenvalue weighted by molar-refractivity contribution is 0.282. The summed E-state index contributed by atoms with van der Waals surface area (Å²) in [4.78, 5) is 8.16. The quantitative estimate of drug-likeness (QED) is 0.824. The highest BCUT2D eigenvalue weighted by Gasteiger charge is 2.01. The van der Waals surface area contributed by atoms with Gasteiger partial charge in [0, 0.05) is 17.1 Å². The first-order valence-electron chi connectivity index (χ1n) is 4.55. The summed E-state index contributed by atoms with van der Waals surface area (Å²) in [5.41, 5.74) is 4.49. The number of rotatable bonds is 4. The maximum atomic E-state index is 9.09. The largest absolute Gasteiger partial charge is 0.392 e. The highest BCUT2D eigenvalue weighted by Crippen LogP contribution is 2.14. The van der Waals surface area contributed by atoms with E-state index in [9.17, 15) is 0 Å². The van der Waals surface area contributed by atoms with E-state index in [0.717, 1.165) is 16.9 Å². The van der Waals surface area contributed by atoms with Crippen LogP contribution in [-0.4, -0.2) is 15.1 Å². The van der Waals surface area contributed by atoms with Gasteiger partial charge in [-0.3, -0.25) is 4.98 Å². The summed E-state index contributed by atoms with van der Waals surface area (Å²) in [5.74, 6) is 0. The SMILES string of the molecule is OCc1ccncc1NCc1cscn1. The fourth-order valence-corrected chi connectivity index (χ4v) is 1.79. The standard InChI is InChI=1S/C10H11N3OS/c14-5-8-1-2-11-4-10(8)12-3-9-6-15-7-13-9/h1-2,4,6-7,12,14H,3,5H2. The molecule has 0 saturated heterocycles. The van der Waals surface area contributed by atoms with Crippen molar-refractivity contribution >= 4 is 17.0 Å². The Hall–Kier alpha value is -1.46. The molecule has 0 radical (unpaired) electrons. The maximum Gasteiger partial charge on any atom is 0.0795 e. The van der Waals surface area contributed by atoms with Gasteiger partial charge in [0.25, 0.3) is 0 Å². The molecule has 0 spiro atoms. The fraction of sp³-hybridized carbons (Fsp3) is 0.200. The van der Waals surface area contributed by atoms with Gasteiger partial charge in [-0.25, -0.2) is 4.98 Å². The van der Waals surface area contributed by atoms with E-state index in [0.29, 0.717) is 6.54 Å². The Labute approximate surface area is 91.6 Å². The van der Waals surface area contributed by atoms with E-state index >= 15 is 0 Å². The zero-order chi connectivity index (χ0) is 10.5. The molecule has 4 nitrogen and oxygen atoms in total. The lowest BCUT2D eigenvalue weighted by atomic mass is 10.2. The second-order valence-electron chi connectivity index (χ2n) is 3.02. The van der Waals surface area contributed by atoms with Gasteiger partial charge in [-0.2, -0.15) is 0 Å². The summed E-state index contributed by atoms with van der Waals surface area (Å²) < 4.78 is 0. The van der Waals surface area contributed by atoms with Crippen molar-refractivity contribution < 1.29 is 5.11 Å². The van der Waals surface area contributed by atoms with Gasteiger partial charge in [0.15, 0.2) is 0 Å². The summed E-state index contributed by atoms with van der Waals surface area (Å²) in [6.45, 7) is 0.671. The number of anilines is 1. The Balaban J connectivity index is 2.04. The van der Waals surface area contributed by atoms with Gasteiger partial charge in [-0.15, -0.1) is 11.3 Å². The van der Waals surface area contributed by atoms with Gasteiger partial charge < -0.3 is 10.4 Å². The molecule has 0 aliphatic rings. The Bertz CT molecular complexity index is 416. The zero-order valence-electron chi connectivity index (χ0n) is 8.05. The van der Waals surface area contributed by atoms with Crippen molar-refractivity contribution in [3.63, 3.8) is 0 Å². The van der Waals surface area contributed by atoms with E-state index in [4.69, 9.17) is 5.11 Å². The highest BCUT2D eigenvalue weighted by molar-refractivity contribution is 7.07. The molecule has 0 saturated carbocycles. The van der Waals surface area contributed by atoms with Crippen LogP contribution in [0.15, 0.2) is 29.4 Å². The normalized spacial score (nSPS) is 10.2. The minimum Gasteiger partial charge on any atom is -0.392 e. The van der Waals surface area contributed by atoms with E-state index in [1.54, 1.807) is 35.3 Å². The van der Waals surface area contributed by atoms with Crippen LogP contribution < -0.4 is 5.32 Å². The maximum absolute atomic E-state index is 9.09. The highest BCUT2D eigenvalue weighted by atomic mass is 32.1. The van der Waals surface area contributed by atoms with Crippen molar-refractivity contribution in [1.82, 2.24) is 9.97 Å². The smallest absolute Gasteiger partial charge is 0.0795 e.